The Labute approximate surface area is 505 Å². The van der Waals surface area contributed by atoms with Crippen molar-refractivity contribution in [2.75, 3.05) is 0 Å². The topological polar surface area (TPSA) is 115 Å². The van der Waals surface area contributed by atoms with Gasteiger partial charge in [0.05, 0.1) is 36.6 Å². The van der Waals surface area contributed by atoms with Crippen LogP contribution in [0.4, 0.5) is 0 Å². The molecule has 81 heavy (non-hydrogen) atoms. The van der Waals surface area contributed by atoms with Crippen molar-refractivity contribution in [2.45, 2.75) is 277 Å². The van der Waals surface area contributed by atoms with E-state index in [1.165, 1.54) is 0 Å². The molecule has 8 nitrogen and oxygen atoms in total. The molecule has 0 unspecified atom stereocenters. The first kappa shape index (κ1) is 83.0. The van der Waals surface area contributed by atoms with Crippen LogP contribution in [0.1, 0.15) is 192 Å². The molecule has 0 aliphatic carbocycles. The highest BCUT2D eigenvalue weighted by Gasteiger charge is 2.44. The van der Waals surface area contributed by atoms with Crippen molar-refractivity contribution in [3.8, 4) is 0 Å². The van der Waals surface area contributed by atoms with E-state index in [-0.39, 0.29) is 58.0 Å². The molecular formula is C71H134O8Si2. The molecule has 0 radical (unpaired) electrons. The molecule has 1 rings (SSSR count). The third-order valence-electron chi connectivity index (χ3n) is 17.5. The Bertz CT molecular complexity index is 1860. The van der Waals surface area contributed by atoms with Gasteiger partial charge in [-0.15, -0.1) is 26.3 Å². The fourth-order valence-electron chi connectivity index (χ4n) is 7.55. The quantitative estimate of drug-likeness (QED) is 0.0465. The van der Waals surface area contributed by atoms with E-state index in [1.54, 1.807) is 12.2 Å². The monoisotopic (exact) mass is 1170 g/mol. The second kappa shape index (κ2) is 39.4. The van der Waals surface area contributed by atoms with Crippen LogP contribution in [-0.4, -0.2) is 86.3 Å². The molecule has 474 valence electrons. The molecule has 0 aromatic carbocycles. The lowest BCUT2D eigenvalue weighted by Gasteiger charge is -2.41. The second-order valence-corrected chi connectivity index (χ2v) is 38.3. The maximum Gasteiger partial charge on any atom is 0.193 e. The number of rotatable bonds is 31. The number of aliphatic hydroxyl groups excluding tert-OH is 3. The van der Waals surface area contributed by atoms with Gasteiger partial charge in [-0.1, -0.05) is 225 Å². The van der Waals surface area contributed by atoms with Gasteiger partial charge in [-0.25, -0.2) is 0 Å². The van der Waals surface area contributed by atoms with Crippen molar-refractivity contribution in [3.05, 3.63) is 99.2 Å². The summed E-state index contributed by atoms with van der Waals surface area (Å²) in [7, 11) is -3.88. The van der Waals surface area contributed by atoms with Crippen molar-refractivity contribution >= 4 is 22.4 Å². The molecule has 0 aromatic rings. The number of ketones is 1. The average molecular weight is 1170 g/mol. The molecule has 0 bridgehead atoms. The van der Waals surface area contributed by atoms with Crippen molar-refractivity contribution in [1.29, 1.82) is 0 Å². The van der Waals surface area contributed by atoms with Gasteiger partial charge in [-0.2, -0.15) is 0 Å². The number of ether oxygens (including phenoxy) is 2. The van der Waals surface area contributed by atoms with E-state index in [0.717, 1.165) is 6.42 Å². The predicted molar refractivity (Wildman–Crippen MR) is 359 cm³/mol. The molecule has 1 heterocycles. The maximum absolute atomic E-state index is 12.8. The molecule has 0 spiro atoms. The zero-order valence-electron chi connectivity index (χ0n) is 57.9. The van der Waals surface area contributed by atoms with Crippen molar-refractivity contribution in [2.24, 2.45) is 71.0 Å². The fourth-order valence-corrected chi connectivity index (χ4v) is 10.2. The van der Waals surface area contributed by atoms with E-state index < -0.39 is 40.7 Å². The molecule has 1 aliphatic heterocycles. The summed E-state index contributed by atoms with van der Waals surface area (Å²) in [6.07, 6.45) is 24.7. The van der Waals surface area contributed by atoms with Gasteiger partial charge in [-0.3, -0.25) is 4.79 Å². The van der Waals surface area contributed by atoms with Crippen LogP contribution in [0.25, 0.3) is 0 Å². The van der Waals surface area contributed by atoms with Crippen molar-refractivity contribution < 1.29 is 38.4 Å². The average Bonchev–Trinajstić information content (AvgIpc) is 3.67. The number of hydrogen-bond acceptors (Lipinski definition) is 8. The Morgan fingerprint density at radius 1 is 0.506 bits per heavy atom. The largest absolute Gasteiger partial charge is 0.411 e. The van der Waals surface area contributed by atoms with Crippen LogP contribution in [0, 0.1) is 71.0 Å². The maximum atomic E-state index is 12.8. The lowest BCUT2D eigenvalue weighted by Crippen LogP contribution is -2.48. The minimum Gasteiger partial charge on any atom is -0.411 e. The molecule has 1 aliphatic rings. The number of carbonyl (C=O) groups is 1. The zero-order valence-corrected chi connectivity index (χ0v) is 59.9. The molecule has 0 saturated carbocycles. The second-order valence-electron chi connectivity index (χ2n) is 28.8. The Kier molecular flexibility index (Phi) is 40.4. The number of allylic oxidation sites excluding steroid dienone is 5. The molecule has 0 amide bonds. The van der Waals surface area contributed by atoms with E-state index in [0.29, 0.717) is 72.5 Å². The number of carbonyl (C=O) groups excluding carboxylic acids is 1. The minimum atomic E-state index is -1.97. The van der Waals surface area contributed by atoms with Crippen molar-refractivity contribution in [3.63, 3.8) is 0 Å². The molecule has 1 fully saturated rings. The summed E-state index contributed by atoms with van der Waals surface area (Å²) >= 11 is 0. The van der Waals surface area contributed by atoms with Crippen LogP contribution >= 0.6 is 0 Å². The van der Waals surface area contributed by atoms with Gasteiger partial charge in [0, 0.05) is 23.7 Å². The van der Waals surface area contributed by atoms with E-state index in [2.05, 4.69) is 227 Å². The van der Waals surface area contributed by atoms with E-state index in [1.807, 2.05) is 52.0 Å². The lowest BCUT2D eigenvalue weighted by molar-refractivity contribution is -0.148. The van der Waals surface area contributed by atoms with Crippen LogP contribution in [0.2, 0.25) is 36.3 Å². The van der Waals surface area contributed by atoms with Crippen LogP contribution < -0.4 is 0 Å². The first-order valence-electron chi connectivity index (χ1n) is 31.3. The van der Waals surface area contributed by atoms with E-state index in [9.17, 15) is 20.1 Å². The van der Waals surface area contributed by atoms with Gasteiger partial charge in [0.2, 0.25) is 0 Å². The van der Waals surface area contributed by atoms with E-state index in [4.69, 9.17) is 18.3 Å². The normalized spacial score (nSPS) is 21.2. The van der Waals surface area contributed by atoms with Gasteiger partial charge in [0.1, 0.15) is 6.10 Å². The third-order valence-corrected chi connectivity index (χ3v) is 26.5. The fraction of sp³-hybridized carbons (Fsp3) is 0.761. The highest BCUT2D eigenvalue weighted by molar-refractivity contribution is 6.74. The van der Waals surface area contributed by atoms with Gasteiger partial charge in [0.25, 0.3) is 0 Å². The molecular weight excluding hydrogens is 1040 g/mol. The smallest absolute Gasteiger partial charge is 0.193 e. The third kappa shape index (κ3) is 33.3. The lowest BCUT2D eigenvalue weighted by atomic mass is 9.93. The Morgan fingerprint density at radius 3 is 1.23 bits per heavy atom. The van der Waals surface area contributed by atoms with Gasteiger partial charge < -0.3 is 33.6 Å². The summed E-state index contributed by atoms with van der Waals surface area (Å²) in [4.78, 5) is 12.8. The predicted octanol–water partition coefficient (Wildman–Crippen LogP) is 19.1. The van der Waals surface area contributed by atoms with Crippen molar-refractivity contribution in [1.82, 2.24) is 0 Å². The Hall–Kier alpha value is -2.26. The molecule has 15 atom stereocenters. The first-order valence-corrected chi connectivity index (χ1v) is 37.1. The Balaban J connectivity index is -0.00000101. The SMILES string of the molecule is C=CC[C@@H]1OC(C)(C)O[C@H]1[C@H](C)/C=C\[C@@H](C)C(C)C.C=CC[C@H](O)[C@@H](O)[C@H](C)/C=C\[C@@H](C)C(C)C.C=CC[C@H](O[Si](C)(C)C(C)(C)C)C(=O)[C@H](C)/C=C\[C@@H](C)C(C)C.C=CC[C@H](O[Si](C)(C)C(C)(C)C)[C@@H](O)[C@H](C)/C=C\[C@@H](C)C(C)C. The minimum absolute atomic E-state index is 0.0313. The van der Waals surface area contributed by atoms with E-state index >= 15 is 0 Å². The number of hydrogen-bond donors (Lipinski definition) is 3. The van der Waals surface area contributed by atoms with Gasteiger partial charge >= 0.3 is 0 Å². The van der Waals surface area contributed by atoms with Crippen LogP contribution in [0.5, 0.6) is 0 Å². The highest BCUT2D eigenvalue weighted by atomic mass is 28.4. The summed E-state index contributed by atoms with van der Waals surface area (Å²) in [5, 5.41) is 30.4. The van der Waals surface area contributed by atoms with Crippen LogP contribution in [0.15, 0.2) is 99.2 Å². The standard InChI is InChI=1S/C20H40O2Si.C20H38O2Si.C17H30O2.C14H26O2/c2*1-11-12-18(22-23(9,10)20(6,7)8)19(21)17(5)14-13-16(4)15(2)3;1-8-9-15-16(19-17(6,7)18-15)14(5)11-10-13(4)12(2)3;1-6-7-13(15)14(16)12(5)9-8-11(4)10(2)3/h11,13-19,21H,1,12H2,2-10H3;11,13-18H,1,12H2,2-10H3;8,10-16H,1,9H2,2-7H3;6,8-16H,1,7H2,2-5H3/b2*14-13-;11-10-;9-8-/t16-,17-,18+,19+;16-,17-,18+;13-,14-,15+,16+;11-,12-,13+,14+/m1111/s1. The summed E-state index contributed by atoms with van der Waals surface area (Å²) < 4.78 is 24.8. The summed E-state index contributed by atoms with van der Waals surface area (Å²) in [6, 6.07) is 0. The number of Topliss-reactive ketones (excluding diaryl/α,β-unsaturated/α-hetero) is 1. The van der Waals surface area contributed by atoms with Crippen LogP contribution in [0.3, 0.4) is 0 Å². The van der Waals surface area contributed by atoms with Gasteiger partial charge in [0.15, 0.2) is 28.2 Å². The highest BCUT2D eigenvalue weighted by Crippen LogP contribution is 2.40. The molecule has 1 saturated heterocycles. The molecule has 10 heteroatoms. The zero-order chi connectivity index (χ0) is 64.2. The summed E-state index contributed by atoms with van der Waals surface area (Å²) in [6.45, 7) is 75.7. The van der Waals surface area contributed by atoms with Crippen LogP contribution in [-0.2, 0) is 23.1 Å². The van der Waals surface area contributed by atoms with Gasteiger partial charge in [-0.05, 0) is 123 Å². The number of aliphatic hydroxyl groups is 3. The summed E-state index contributed by atoms with van der Waals surface area (Å²) in [5.74, 6) is 4.51. The first-order chi connectivity index (χ1) is 36.8. The summed E-state index contributed by atoms with van der Waals surface area (Å²) in [5.41, 5.74) is 0. The molecule has 3 N–H and O–H groups in total. The molecule has 0 aromatic heterocycles. The Morgan fingerprint density at radius 2 is 0.864 bits per heavy atom.